The Hall–Kier alpha value is 0.820. The number of rotatable bonds is 14. The fourth-order valence-electron chi connectivity index (χ4n) is 3.03. The smallest absolute Gasteiger partial charge is 0.151 e. The van der Waals surface area contributed by atoms with Crippen molar-refractivity contribution in [1.82, 2.24) is 0 Å². The maximum Gasteiger partial charge on any atom is 0.582 e. The Morgan fingerprint density at radius 2 is 1.50 bits per heavy atom. The summed E-state index contributed by atoms with van der Waals surface area (Å²) in [7, 11) is -4.29. The van der Waals surface area contributed by atoms with Crippen molar-refractivity contribution in [2.45, 2.75) is 72.6 Å². The molecule has 0 heterocycles. The molecule has 0 amide bonds. The van der Waals surface area contributed by atoms with Crippen molar-refractivity contribution in [2.24, 2.45) is 17.3 Å². The van der Waals surface area contributed by atoms with Crippen LogP contribution in [0.2, 0.25) is 0 Å². The third-order valence-corrected chi connectivity index (χ3v) is 7.72. The van der Waals surface area contributed by atoms with Gasteiger partial charge in [0.15, 0.2) is 22.8 Å². The second-order valence-corrected chi connectivity index (χ2v) is 13.4. The van der Waals surface area contributed by atoms with Gasteiger partial charge in [0.1, 0.15) is 0 Å². The maximum atomic E-state index is 10.9. The number of hydrogen-bond donors (Lipinski definition) is 2. The van der Waals surface area contributed by atoms with Crippen LogP contribution in [0.3, 0.4) is 0 Å². The van der Waals surface area contributed by atoms with Gasteiger partial charge in [0, 0.05) is 11.5 Å². The SMILES string of the molecule is CC(CCCCCC(CCS[P+](=O)O)CS[P+](=O)O)CC(C)(C)C. The third kappa shape index (κ3) is 17.6. The van der Waals surface area contributed by atoms with Crippen LogP contribution in [0.25, 0.3) is 0 Å². The van der Waals surface area contributed by atoms with Crippen LogP contribution in [-0.4, -0.2) is 21.3 Å². The molecule has 0 rings (SSSR count). The summed E-state index contributed by atoms with van der Waals surface area (Å²) in [5.74, 6) is 2.42. The lowest BCUT2D eigenvalue weighted by molar-refractivity contribution is 0.291. The standard InChI is InChI=1S/C16H32O4P2S2/c1-14(12-16(2,3)4)8-6-5-7-9-15(13-24-22(19)20)10-11-23-21(17)18/h14-15H,5-13H2,1-4H3/p+2. The zero-order valence-electron chi connectivity index (χ0n) is 15.4. The van der Waals surface area contributed by atoms with Gasteiger partial charge in [-0.3, -0.25) is 0 Å². The van der Waals surface area contributed by atoms with E-state index in [-0.39, 0.29) is 0 Å². The van der Waals surface area contributed by atoms with Crippen molar-refractivity contribution in [3.63, 3.8) is 0 Å². The molecule has 4 nitrogen and oxygen atoms in total. The van der Waals surface area contributed by atoms with Gasteiger partial charge in [0.25, 0.3) is 0 Å². The van der Waals surface area contributed by atoms with E-state index >= 15 is 0 Å². The molecular formula is C16H34O4P2S2+2. The van der Waals surface area contributed by atoms with Crippen LogP contribution in [-0.2, 0) is 9.13 Å². The van der Waals surface area contributed by atoms with Gasteiger partial charge in [0.2, 0.25) is 0 Å². The van der Waals surface area contributed by atoms with E-state index in [1.165, 1.54) is 25.7 Å². The van der Waals surface area contributed by atoms with E-state index in [0.717, 1.165) is 47.9 Å². The van der Waals surface area contributed by atoms with Crippen molar-refractivity contribution in [2.75, 3.05) is 11.5 Å². The molecule has 4 atom stereocenters. The largest absolute Gasteiger partial charge is 0.582 e. The summed E-state index contributed by atoms with van der Waals surface area (Å²) in [5, 5.41) is 0. The Morgan fingerprint density at radius 1 is 0.917 bits per heavy atom. The van der Waals surface area contributed by atoms with Gasteiger partial charge in [-0.25, -0.2) is 0 Å². The van der Waals surface area contributed by atoms with Crippen molar-refractivity contribution < 1.29 is 18.9 Å². The van der Waals surface area contributed by atoms with Gasteiger partial charge < -0.3 is 0 Å². The molecule has 0 aromatic heterocycles. The van der Waals surface area contributed by atoms with Crippen molar-refractivity contribution in [3.05, 3.63) is 0 Å². The van der Waals surface area contributed by atoms with Crippen LogP contribution in [0.1, 0.15) is 72.6 Å². The molecule has 0 aliphatic rings. The average Bonchev–Trinajstić information content (AvgIpc) is 2.41. The van der Waals surface area contributed by atoms with Gasteiger partial charge in [-0.1, -0.05) is 53.4 Å². The summed E-state index contributed by atoms with van der Waals surface area (Å²) in [5.41, 5.74) is 0.397. The van der Waals surface area contributed by atoms with E-state index in [1.807, 2.05) is 0 Å². The Balaban J connectivity index is 3.94. The molecule has 0 spiro atoms. The second kappa shape index (κ2) is 13.9. The molecule has 0 radical (unpaired) electrons. The minimum Gasteiger partial charge on any atom is -0.151 e. The van der Waals surface area contributed by atoms with E-state index < -0.39 is 14.5 Å². The van der Waals surface area contributed by atoms with E-state index in [1.54, 1.807) is 0 Å². The quantitative estimate of drug-likeness (QED) is 0.240. The van der Waals surface area contributed by atoms with E-state index in [4.69, 9.17) is 9.79 Å². The lowest BCUT2D eigenvalue weighted by atomic mass is 9.83. The minimum atomic E-state index is -2.15. The van der Waals surface area contributed by atoms with Gasteiger partial charge >= 0.3 is 14.5 Å². The lowest BCUT2D eigenvalue weighted by Gasteiger charge is -2.23. The minimum absolute atomic E-state index is 0.357. The normalized spacial score (nSPS) is 15.9. The molecule has 0 aliphatic heterocycles. The zero-order chi connectivity index (χ0) is 18.6. The van der Waals surface area contributed by atoms with Crippen LogP contribution in [0.5, 0.6) is 0 Å². The first-order valence-corrected chi connectivity index (χ1v) is 14.3. The summed E-state index contributed by atoms with van der Waals surface area (Å²) >= 11 is 2.16. The highest BCUT2D eigenvalue weighted by molar-refractivity contribution is 8.50. The van der Waals surface area contributed by atoms with Gasteiger partial charge in [-0.05, 0) is 45.6 Å². The van der Waals surface area contributed by atoms with Crippen molar-refractivity contribution in [3.8, 4) is 0 Å². The summed E-state index contributed by atoms with van der Waals surface area (Å²) in [4.78, 5) is 17.8. The van der Waals surface area contributed by atoms with Crippen LogP contribution < -0.4 is 0 Å². The molecule has 142 valence electrons. The third-order valence-electron chi connectivity index (χ3n) is 3.92. The summed E-state index contributed by atoms with van der Waals surface area (Å²) < 4.78 is 21.6. The molecule has 0 saturated heterocycles. The molecule has 0 fully saturated rings. The highest BCUT2D eigenvalue weighted by Crippen LogP contribution is 2.38. The van der Waals surface area contributed by atoms with E-state index in [0.29, 0.717) is 22.8 Å². The fourth-order valence-corrected chi connectivity index (χ4v) is 6.09. The Bertz CT molecular complexity index is 376. The predicted molar refractivity (Wildman–Crippen MR) is 109 cm³/mol. The van der Waals surface area contributed by atoms with Crippen LogP contribution in [0, 0.1) is 17.3 Å². The highest BCUT2D eigenvalue weighted by Gasteiger charge is 2.21. The molecule has 24 heavy (non-hydrogen) atoms. The van der Waals surface area contributed by atoms with Gasteiger partial charge in [-0.2, -0.15) is 9.79 Å². The summed E-state index contributed by atoms with van der Waals surface area (Å²) in [6, 6.07) is 0. The van der Waals surface area contributed by atoms with Crippen molar-refractivity contribution >= 4 is 37.2 Å². The molecule has 0 aliphatic carbocycles. The topological polar surface area (TPSA) is 74.6 Å². The molecule has 4 unspecified atom stereocenters. The predicted octanol–water partition coefficient (Wildman–Crippen LogP) is 6.78. The summed E-state index contributed by atoms with van der Waals surface area (Å²) in [6.45, 7) is 9.19. The second-order valence-electron chi connectivity index (χ2n) is 7.77. The van der Waals surface area contributed by atoms with Crippen LogP contribution in [0.4, 0.5) is 0 Å². The Labute approximate surface area is 157 Å². The Morgan fingerprint density at radius 3 is 2.04 bits per heavy atom. The average molecular weight is 417 g/mol. The van der Waals surface area contributed by atoms with Gasteiger partial charge in [-0.15, -0.1) is 0 Å². The Kier molecular flexibility index (Phi) is 14.4. The lowest BCUT2D eigenvalue weighted by Crippen LogP contribution is -2.11. The first-order valence-electron chi connectivity index (χ1n) is 8.68. The highest BCUT2D eigenvalue weighted by atomic mass is 32.7. The number of hydrogen-bond acceptors (Lipinski definition) is 4. The first kappa shape index (κ1) is 24.8. The monoisotopic (exact) mass is 416 g/mol. The van der Waals surface area contributed by atoms with E-state index in [9.17, 15) is 9.13 Å². The summed E-state index contributed by atoms with van der Waals surface area (Å²) in [6.07, 6.45) is 7.96. The number of unbranched alkanes of at least 4 members (excludes halogenated alkanes) is 2. The molecule has 0 aromatic rings. The van der Waals surface area contributed by atoms with E-state index in [2.05, 4.69) is 27.7 Å². The van der Waals surface area contributed by atoms with Crippen LogP contribution >= 0.6 is 37.2 Å². The van der Waals surface area contributed by atoms with Crippen LogP contribution in [0.15, 0.2) is 0 Å². The molecule has 0 aromatic carbocycles. The molecule has 8 heteroatoms. The van der Waals surface area contributed by atoms with Crippen molar-refractivity contribution in [1.29, 1.82) is 0 Å². The molecule has 2 N–H and O–H groups in total. The fraction of sp³-hybridized carbons (Fsp3) is 1.00. The first-order chi connectivity index (χ1) is 11.1. The molecule has 0 bridgehead atoms. The molecular weight excluding hydrogens is 382 g/mol. The van der Waals surface area contributed by atoms with Gasteiger partial charge in [0.05, 0.1) is 0 Å². The molecule has 0 saturated carbocycles. The zero-order valence-corrected chi connectivity index (χ0v) is 18.9. The maximum absolute atomic E-state index is 10.9.